The molecule has 13 heavy (non-hydrogen) atoms. The Labute approximate surface area is 78.8 Å². The van der Waals surface area contributed by atoms with Gasteiger partial charge in [0.15, 0.2) is 11.5 Å². The van der Waals surface area contributed by atoms with Gasteiger partial charge in [-0.05, 0) is 18.2 Å². The number of rotatable bonds is 3. The lowest BCUT2D eigenvalue weighted by atomic mass is 10.3. The van der Waals surface area contributed by atoms with Crippen LogP contribution in [0, 0.1) is 0 Å². The van der Waals surface area contributed by atoms with Crippen LogP contribution in [-0.4, -0.2) is 21.9 Å². The van der Waals surface area contributed by atoms with Crippen molar-refractivity contribution in [2.24, 2.45) is 0 Å². The number of carbonyl (C=O) groups excluding carboxylic acids is 1. The van der Waals surface area contributed by atoms with Gasteiger partial charge in [0.05, 0.1) is 5.97 Å². The lowest BCUT2D eigenvalue weighted by Crippen LogP contribution is -2.24. The van der Waals surface area contributed by atoms with Gasteiger partial charge in [0, 0.05) is 10.6 Å². The van der Waals surface area contributed by atoms with Crippen molar-refractivity contribution in [2.75, 3.05) is 5.75 Å². The number of phenolic OH excluding ortho intramolecular Hbond substituents is 2. The summed E-state index contributed by atoms with van der Waals surface area (Å²) < 4.78 is 0. The number of carboxylic acid groups (broad SMARTS) is 1. The van der Waals surface area contributed by atoms with E-state index in [2.05, 4.69) is 0 Å². The highest BCUT2D eigenvalue weighted by atomic mass is 32.2. The number of aromatic hydroxyl groups is 2. The summed E-state index contributed by atoms with van der Waals surface area (Å²) in [4.78, 5) is 10.6. The second-order valence-corrected chi connectivity index (χ2v) is 3.36. The molecule has 0 aliphatic carbocycles. The van der Waals surface area contributed by atoms with Crippen molar-refractivity contribution in [2.45, 2.75) is 4.90 Å². The van der Waals surface area contributed by atoms with E-state index in [0.717, 1.165) is 11.8 Å². The molecule has 0 saturated carbocycles. The lowest BCUT2D eigenvalue weighted by molar-refractivity contribution is -0.301. The second-order valence-electron chi connectivity index (χ2n) is 2.31. The molecule has 0 aliphatic rings. The highest BCUT2D eigenvalue weighted by Gasteiger charge is 2.00. The smallest absolute Gasteiger partial charge is 0.158 e. The summed E-state index contributed by atoms with van der Waals surface area (Å²) in [6.45, 7) is 0. The van der Waals surface area contributed by atoms with Crippen LogP contribution < -0.4 is 5.11 Å². The minimum Gasteiger partial charge on any atom is -0.549 e. The number of phenols is 2. The maximum absolute atomic E-state index is 10.1. The number of benzene rings is 1. The van der Waals surface area contributed by atoms with E-state index in [-0.39, 0.29) is 17.3 Å². The molecule has 0 heterocycles. The first kappa shape index (κ1) is 9.73. The van der Waals surface area contributed by atoms with Gasteiger partial charge in [-0.1, -0.05) is 0 Å². The molecular formula is C8H7O4S-. The molecule has 5 heteroatoms. The molecule has 0 aromatic heterocycles. The van der Waals surface area contributed by atoms with Crippen molar-refractivity contribution in [1.82, 2.24) is 0 Å². The van der Waals surface area contributed by atoms with Crippen LogP contribution in [0.1, 0.15) is 0 Å². The molecule has 0 fully saturated rings. The normalized spacial score (nSPS) is 9.85. The predicted octanol–water partition coefficient (Wildman–Crippen LogP) is -0.0602. The van der Waals surface area contributed by atoms with Crippen molar-refractivity contribution in [3.8, 4) is 11.5 Å². The zero-order valence-corrected chi connectivity index (χ0v) is 7.37. The monoisotopic (exact) mass is 199 g/mol. The zero-order valence-electron chi connectivity index (χ0n) is 6.56. The van der Waals surface area contributed by atoms with Crippen LogP contribution in [0.2, 0.25) is 0 Å². The fraction of sp³-hybridized carbons (Fsp3) is 0.125. The van der Waals surface area contributed by atoms with E-state index in [0.29, 0.717) is 4.90 Å². The maximum atomic E-state index is 10.1. The van der Waals surface area contributed by atoms with Gasteiger partial charge < -0.3 is 20.1 Å². The average Bonchev–Trinajstić information content (AvgIpc) is 2.07. The first-order valence-corrected chi connectivity index (χ1v) is 4.43. The van der Waals surface area contributed by atoms with Gasteiger partial charge in [0.1, 0.15) is 0 Å². The van der Waals surface area contributed by atoms with Crippen molar-refractivity contribution >= 4 is 17.7 Å². The number of hydrogen-bond acceptors (Lipinski definition) is 5. The minimum absolute atomic E-state index is 0.176. The van der Waals surface area contributed by atoms with Gasteiger partial charge in [-0.15, -0.1) is 11.8 Å². The summed E-state index contributed by atoms with van der Waals surface area (Å²) in [6, 6.07) is 4.11. The summed E-state index contributed by atoms with van der Waals surface area (Å²) in [6.07, 6.45) is 0. The molecule has 1 aromatic rings. The van der Waals surface area contributed by atoms with Crippen LogP contribution in [0.5, 0.6) is 11.5 Å². The van der Waals surface area contributed by atoms with Gasteiger partial charge >= 0.3 is 0 Å². The molecular weight excluding hydrogens is 192 g/mol. The van der Waals surface area contributed by atoms with E-state index in [1.54, 1.807) is 0 Å². The summed E-state index contributed by atoms with van der Waals surface area (Å²) in [7, 11) is 0. The molecule has 2 N–H and O–H groups in total. The highest BCUT2D eigenvalue weighted by Crippen LogP contribution is 2.29. The van der Waals surface area contributed by atoms with E-state index in [1.807, 2.05) is 0 Å². The van der Waals surface area contributed by atoms with Gasteiger partial charge in [-0.2, -0.15) is 0 Å². The van der Waals surface area contributed by atoms with Gasteiger partial charge in [0.25, 0.3) is 0 Å². The molecule has 1 rings (SSSR count). The van der Waals surface area contributed by atoms with Crippen molar-refractivity contribution in [1.29, 1.82) is 0 Å². The Kier molecular flexibility index (Phi) is 3.02. The Morgan fingerprint density at radius 2 is 2.08 bits per heavy atom. The summed E-state index contributed by atoms with van der Waals surface area (Å²) in [5.74, 6) is -1.83. The summed E-state index contributed by atoms with van der Waals surface area (Å²) >= 11 is 1.02. The standard InChI is InChI=1S/C8H8O4S/c9-6-2-1-5(3-7(6)10)13-4-8(11)12/h1-3,9-10H,4H2,(H,11,12)/p-1. The third kappa shape index (κ3) is 2.87. The number of aliphatic carboxylic acids is 1. The molecule has 0 unspecified atom stereocenters. The first-order chi connectivity index (χ1) is 6.09. The van der Waals surface area contributed by atoms with E-state index >= 15 is 0 Å². The molecule has 0 saturated heterocycles. The predicted molar refractivity (Wildman–Crippen MR) is 45.5 cm³/mol. The molecule has 70 valence electrons. The molecule has 0 amide bonds. The Morgan fingerprint density at radius 1 is 1.38 bits per heavy atom. The molecule has 0 bridgehead atoms. The quantitative estimate of drug-likeness (QED) is 0.526. The third-order valence-corrected chi connectivity index (χ3v) is 2.27. The van der Waals surface area contributed by atoms with E-state index in [9.17, 15) is 9.90 Å². The number of carboxylic acids is 1. The Bertz CT molecular complexity index is 324. The van der Waals surface area contributed by atoms with Crippen LogP contribution in [0.3, 0.4) is 0 Å². The van der Waals surface area contributed by atoms with E-state index in [1.165, 1.54) is 18.2 Å². The number of thioether (sulfide) groups is 1. The summed E-state index contributed by atoms with van der Waals surface area (Å²) in [5, 5.41) is 28.1. The molecule has 0 radical (unpaired) electrons. The topological polar surface area (TPSA) is 80.6 Å². The second kappa shape index (κ2) is 4.04. The Balaban J connectivity index is 2.68. The third-order valence-electron chi connectivity index (χ3n) is 1.30. The molecule has 0 atom stereocenters. The van der Waals surface area contributed by atoms with Crippen molar-refractivity contribution in [3.63, 3.8) is 0 Å². The van der Waals surface area contributed by atoms with Gasteiger partial charge in [-0.25, -0.2) is 0 Å². The van der Waals surface area contributed by atoms with Crippen LogP contribution in [0.4, 0.5) is 0 Å². The fourth-order valence-corrected chi connectivity index (χ4v) is 1.38. The van der Waals surface area contributed by atoms with Gasteiger partial charge in [-0.3, -0.25) is 0 Å². The fourth-order valence-electron chi connectivity index (χ4n) is 0.735. The van der Waals surface area contributed by atoms with Gasteiger partial charge in [0.2, 0.25) is 0 Å². The zero-order chi connectivity index (χ0) is 9.84. The minimum atomic E-state index is -1.17. The van der Waals surface area contributed by atoms with Crippen LogP contribution in [0.15, 0.2) is 23.1 Å². The largest absolute Gasteiger partial charge is 0.549 e. The Morgan fingerprint density at radius 3 is 2.62 bits per heavy atom. The van der Waals surface area contributed by atoms with Crippen LogP contribution >= 0.6 is 11.8 Å². The maximum Gasteiger partial charge on any atom is 0.158 e. The number of hydrogen-bond donors (Lipinski definition) is 2. The van der Waals surface area contributed by atoms with Crippen molar-refractivity contribution in [3.05, 3.63) is 18.2 Å². The molecule has 4 nitrogen and oxygen atoms in total. The van der Waals surface area contributed by atoms with E-state index in [4.69, 9.17) is 10.2 Å². The highest BCUT2D eigenvalue weighted by molar-refractivity contribution is 8.00. The number of carbonyl (C=O) groups is 1. The average molecular weight is 199 g/mol. The van der Waals surface area contributed by atoms with Crippen molar-refractivity contribution < 1.29 is 20.1 Å². The van der Waals surface area contributed by atoms with E-state index < -0.39 is 5.97 Å². The lowest BCUT2D eigenvalue weighted by Gasteiger charge is -2.03. The van der Waals surface area contributed by atoms with Crippen LogP contribution in [0.25, 0.3) is 0 Å². The summed E-state index contributed by atoms with van der Waals surface area (Å²) in [5.41, 5.74) is 0. The molecule has 1 aromatic carbocycles. The molecule has 0 aliphatic heterocycles. The first-order valence-electron chi connectivity index (χ1n) is 3.44. The molecule has 0 spiro atoms. The van der Waals surface area contributed by atoms with Crippen LogP contribution in [-0.2, 0) is 4.79 Å². The SMILES string of the molecule is O=C([O-])CSc1ccc(O)c(O)c1. The Hall–Kier alpha value is -1.36.